The van der Waals surface area contributed by atoms with Crippen molar-refractivity contribution in [1.29, 1.82) is 0 Å². The van der Waals surface area contributed by atoms with Crippen LogP contribution in [0.5, 0.6) is 0 Å². The van der Waals surface area contributed by atoms with E-state index >= 15 is 0 Å². The van der Waals surface area contributed by atoms with Gasteiger partial charge in [0.2, 0.25) is 0 Å². The fourth-order valence-electron chi connectivity index (χ4n) is 6.11. The van der Waals surface area contributed by atoms with Gasteiger partial charge in [-0.05, 0) is 64.4 Å². The molecule has 1 aliphatic heterocycles. The molecule has 1 aliphatic rings. The van der Waals surface area contributed by atoms with Gasteiger partial charge in [0.1, 0.15) is 5.60 Å². The summed E-state index contributed by atoms with van der Waals surface area (Å²) in [5.74, 6) is -1.96. The molecule has 0 aliphatic carbocycles. The topological polar surface area (TPSA) is 165 Å². The number of hydrogen-bond donors (Lipinski definition) is 2. The Morgan fingerprint density at radius 2 is 1.44 bits per heavy atom. The number of likely N-dealkylation sites (N-methyl/N-ethyl adjacent to an activating group) is 1. The zero-order valence-corrected chi connectivity index (χ0v) is 30.2. The number of benzene rings is 3. The number of nitro groups is 1. The summed E-state index contributed by atoms with van der Waals surface area (Å²) in [5.41, 5.74) is 3.24. The largest absolute Gasteiger partial charge is 0.466 e. The third-order valence-corrected chi connectivity index (χ3v) is 8.02. The number of dihydropyridines is 1. The molecule has 13 heteroatoms. The highest BCUT2D eigenvalue weighted by molar-refractivity contribution is 7.85. The lowest BCUT2D eigenvalue weighted by atomic mass is 9.80. The standard InChI is InChI=1S/C36H41N3O6.CH4O3S/c1-24-31(34(40)44-6)33(28-18-13-19-29(22-28)39(42)43)32(25(2)37-24)35(41)45-36(3,4)23-38(5)21-20-30(26-14-9-7-10-15-26)27-16-11-8-12-17-27;1-5(2,3)4/h7-19,22,30,33,37H,20-21,23H2,1-6H3;1H3,(H,2,3,4). The first-order valence-corrected chi connectivity index (χ1v) is 17.7. The fourth-order valence-corrected chi connectivity index (χ4v) is 6.11. The number of nitro benzene ring substituents is 1. The summed E-state index contributed by atoms with van der Waals surface area (Å²) in [6.45, 7) is 8.34. The SMILES string of the molecule is COC(=O)C1=C(C)NC(C)=C(C(=O)OC(C)(C)CN(C)CCC(c2ccccc2)c2ccccc2)C1c1cccc([N+](=O)[O-])c1.CS(=O)(=O)O. The van der Waals surface area contributed by atoms with Gasteiger partial charge in [0, 0.05) is 36.0 Å². The number of allylic oxidation sites excluding steroid dienone is 2. The number of hydrogen-bond acceptors (Lipinski definition) is 10. The predicted molar refractivity (Wildman–Crippen MR) is 191 cm³/mol. The van der Waals surface area contributed by atoms with E-state index in [1.54, 1.807) is 19.9 Å². The average Bonchev–Trinajstić information content (AvgIpc) is 3.04. The minimum Gasteiger partial charge on any atom is -0.466 e. The minimum atomic E-state index is -3.67. The van der Waals surface area contributed by atoms with Gasteiger partial charge in [-0.1, -0.05) is 72.8 Å². The van der Waals surface area contributed by atoms with E-state index in [1.165, 1.54) is 36.4 Å². The molecule has 1 heterocycles. The molecule has 1 atom stereocenters. The minimum absolute atomic E-state index is 0.149. The third-order valence-electron chi connectivity index (χ3n) is 8.02. The van der Waals surface area contributed by atoms with Gasteiger partial charge in [-0.3, -0.25) is 14.7 Å². The van der Waals surface area contributed by atoms with Crippen molar-refractivity contribution >= 4 is 27.7 Å². The first-order valence-electron chi connectivity index (χ1n) is 15.9. The maximum atomic E-state index is 14.0. The molecule has 3 aromatic carbocycles. The van der Waals surface area contributed by atoms with Gasteiger partial charge >= 0.3 is 11.9 Å². The van der Waals surface area contributed by atoms with Crippen molar-refractivity contribution in [3.63, 3.8) is 0 Å². The van der Waals surface area contributed by atoms with Crippen LogP contribution in [0.4, 0.5) is 5.69 Å². The van der Waals surface area contributed by atoms with Crippen LogP contribution in [-0.2, 0) is 29.2 Å². The fraction of sp³-hybridized carbons (Fsp3) is 0.351. The zero-order valence-electron chi connectivity index (χ0n) is 29.4. The molecule has 50 heavy (non-hydrogen) atoms. The lowest BCUT2D eigenvalue weighted by molar-refractivity contribution is -0.384. The van der Waals surface area contributed by atoms with E-state index < -0.39 is 38.5 Å². The molecule has 12 nitrogen and oxygen atoms in total. The number of nitrogens with zero attached hydrogens (tertiary/aromatic N) is 2. The van der Waals surface area contributed by atoms with Crippen LogP contribution in [0.25, 0.3) is 0 Å². The molecule has 0 radical (unpaired) electrons. The van der Waals surface area contributed by atoms with Crippen LogP contribution in [0.1, 0.15) is 62.6 Å². The van der Waals surface area contributed by atoms with Crippen LogP contribution in [0.3, 0.4) is 0 Å². The molecule has 3 aromatic rings. The van der Waals surface area contributed by atoms with Crippen molar-refractivity contribution < 1.29 is 37.0 Å². The average molecular weight is 708 g/mol. The molecule has 0 aromatic heterocycles. The number of ether oxygens (including phenoxy) is 2. The maximum Gasteiger partial charge on any atom is 0.337 e. The second kappa shape index (κ2) is 17.2. The van der Waals surface area contributed by atoms with Gasteiger partial charge < -0.3 is 19.7 Å². The van der Waals surface area contributed by atoms with Crippen molar-refractivity contribution in [2.24, 2.45) is 0 Å². The second-order valence-electron chi connectivity index (χ2n) is 12.8. The van der Waals surface area contributed by atoms with Crippen molar-refractivity contribution in [2.75, 3.05) is 33.5 Å². The summed E-state index contributed by atoms with van der Waals surface area (Å²) in [6.07, 6.45) is 1.58. The lowest BCUT2D eigenvalue weighted by Crippen LogP contribution is -2.42. The van der Waals surface area contributed by atoms with E-state index in [9.17, 15) is 28.1 Å². The molecular formula is C37H45N3O9S. The molecule has 0 fully saturated rings. The molecule has 0 bridgehead atoms. The molecule has 0 amide bonds. The number of non-ortho nitro benzene ring substituents is 1. The number of rotatable bonds is 12. The molecule has 1 unspecified atom stereocenters. The van der Waals surface area contributed by atoms with Gasteiger partial charge in [0.15, 0.2) is 0 Å². The van der Waals surface area contributed by atoms with Crippen molar-refractivity contribution in [3.8, 4) is 0 Å². The Morgan fingerprint density at radius 3 is 1.92 bits per heavy atom. The molecule has 0 saturated carbocycles. The predicted octanol–water partition coefficient (Wildman–Crippen LogP) is 5.98. The monoisotopic (exact) mass is 707 g/mol. The Bertz CT molecular complexity index is 1790. The van der Waals surface area contributed by atoms with Crippen LogP contribution in [0, 0.1) is 10.1 Å². The lowest BCUT2D eigenvalue weighted by Gasteiger charge is -2.34. The molecule has 0 spiro atoms. The van der Waals surface area contributed by atoms with Crippen molar-refractivity contribution in [1.82, 2.24) is 10.2 Å². The molecular weight excluding hydrogens is 662 g/mol. The first kappa shape index (κ1) is 39.6. The van der Waals surface area contributed by atoms with Crippen LogP contribution < -0.4 is 5.32 Å². The van der Waals surface area contributed by atoms with Crippen LogP contribution in [-0.4, -0.2) is 73.8 Å². The van der Waals surface area contributed by atoms with Gasteiger partial charge in [0.25, 0.3) is 15.8 Å². The van der Waals surface area contributed by atoms with Gasteiger partial charge in [-0.15, -0.1) is 0 Å². The highest BCUT2D eigenvalue weighted by Gasteiger charge is 2.40. The van der Waals surface area contributed by atoms with Crippen molar-refractivity contribution in [3.05, 3.63) is 134 Å². The quantitative estimate of drug-likeness (QED) is 0.0984. The third kappa shape index (κ3) is 11.4. The summed E-state index contributed by atoms with van der Waals surface area (Å²) < 4.78 is 37.1. The zero-order chi connectivity index (χ0) is 37.2. The highest BCUT2D eigenvalue weighted by atomic mass is 32.2. The Labute approximate surface area is 293 Å². The van der Waals surface area contributed by atoms with Crippen LogP contribution in [0.15, 0.2) is 107 Å². The summed E-state index contributed by atoms with van der Waals surface area (Å²) in [7, 11) is -0.405. The van der Waals surface area contributed by atoms with Crippen molar-refractivity contribution in [2.45, 2.75) is 51.6 Å². The van der Waals surface area contributed by atoms with E-state index in [2.05, 4.69) is 58.7 Å². The van der Waals surface area contributed by atoms with Crippen LogP contribution in [0.2, 0.25) is 0 Å². The van der Waals surface area contributed by atoms with Crippen LogP contribution >= 0.6 is 0 Å². The number of methoxy groups -OCH3 is 1. The number of carbonyl (C=O) groups excluding carboxylic acids is 2. The Balaban J connectivity index is 0.00000126. The Morgan fingerprint density at radius 1 is 0.940 bits per heavy atom. The van der Waals surface area contributed by atoms with E-state index in [1.807, 2.05) is 33.0 Å². The Hall–Kier alpha value is -4.85. The number of nitrogens with one attached hydrogen (secondary N) is 1. The van der Waals surface area contributed by atoms with E-state index in [4.69, 9.17) is 14.0 Å². The highest BCUT2D eigenvalue weighted by Crippen LogP contribution is 2.40. The number of esters is 2. The summed E-state index contributed by atoms with van der Waals surface area (Å²) >= 11 is 0. The Kier molecular flexibility index (Phi) is 13.6. The van der Waals surface area contributed by atoms with E-state index in [0.717, 1.165) is 13.0 Å². The number of carbonyl (C=O) groups is 2. The molecule has 0 saturated heterocycles. The van der Waals surface area contributed by atoms with E-state index in [0.29, 0.717) is 29.8 Å². The molecule has 268 valence electrons. The molecule has 4 rings (SSSR count). The summed E-state index contributed by atoms with van der Waals surface area (Å²) in [6, 6.07) is 26.8. The first-order chi connectivity index (χ1) is 23.4. The smallest absolute Gasteiger partial charge is 0.337 e. The van der Waals surface area contributed by atoms with Gasteiger partial charge in [-0.2, -0.15) is 8.42 Å². The van der Waals surface area contributed by atoms with Gasteiger partial charge in [0.05, 0.1) is 35.4 Å². The summed E-state index contributed by atoms with van der Waals surface area (Å²) in [5, 5.41) is 14.7. The normalized spacial score (nSPS) is 14.9. The molecule has 2 N–H and O–H groups in total. The van der Waals surface area contributed by atoms with E-state index in [-0.39, 0.29) is 22.8 Å². The maximum absolute atomic E-state index is 14.0. The van der Waals surface area contributed by atoms with Gasteiger partial charge in [-0.25, -0.2) is 9.59 Å². The summed E-state index contributed by atoms with van der Waals surface area (Å²) in [4.78, 5) is 40.2. The second-order valence-corrected chi connectivity index (χ2v) is 14.2.